The molecule has 2 aromatic carbocycles. The molecule has 4 rings (SSSR count). The summed E-state index contributed by atoms with van der Waals surface area (Å²) in [5, 5.41) is 10.5. The first kappa shape index (κ1) is 16.9. The molecular weight excluding hydrogens is 347 g/mol. The Morgan fingerprint density at radius 3 is 2.48 bits per heavy atom. The number of benzene rings is 1. The number of fused-ring (bicyclic) bond motifs is 3. The standard InChI is InChI=1S/C21H15FN2O3/c1-10-17-16(25)8-7-13-19(12-5-3-4-6-15(12)22)14(9-23)21(24)27-20(13)18(17)11(2)26-10/h3-8,19H,24H2,1-2H3/t19-/m0/s1. The number of allylic oxidation sites excluding steroid dienone is 1. The summed E-state index contributed by atoms with van der Waals surface area (Å²) in [4.78, 5) is 12.6. The van der Waals surface area contributed by atoms with Crippen LogP contribution in [-0.2, 0) is 0 Å². The van der Waals surface area contributed by atoms with Gasteiger partial charge in [-0.05, 0) is 26.0 Å². The molecule has 27 heavy (non-hydrogen) atoms. The first-order chi connectivity index (χ1) is 12.9. The average Bonchev–Trinajstić information content (AvgIpc) is 2.84. The van der Waals surface area contributed by atoms with E-state index in [-0.39, 0.29) is 22.4 Å². The van der Waals surface area contributed by atoms with E-state index >= 15 is 0 Å². The first-order valence-corrected chi connectivity index (χ1v) is 8.33. The quantitative estimate of drug-likeness (QED) is 0.712. The van der Waals surface area contributed by atoms with Crippen molar-refractivity contribution >= 4 is 10.8 Å². The van der Waals surface area contributed by atoms with E-state index in [0.29, 0.717) is 33.6 Å². The van der Waals surface area contributed by atoms with Gasteiger partial charge in [0.15, 0.2) is 5.43 Å². The Balaban J connectivity index is 2.17. The van der Waals surface area contributed by atoms with Gasteiger partial charge in [-0.3, -0.25) is 4.79 Å². The van der Waals surface area contributed by atoms with Crippen LogP contribution in [0.15, 0.2) is 57.1 Å². The maximum atomic E-state index is 14.6. The molecule has 0 amide bonds. The molecular formula is C21H15FN2O3. The van der Waals surface area contributed by atoms with Gasteiger partial charge >= 0.3 is 0 Å². The maximum absolute atomic E-state index is 14.6. The number of ether oxygens (including phenoxy) is 1. The summed E-state index contributed by atoms with van der Waals surface area (Å²) >= 11 is 0. The fourth-order valence-corrected chi connectivity index (χ4v) is 3.67. The monoisotopic (exact) mass is 362 g/mol. The topological polar surface area (TPSA) is 89.2 Å². The minimum absolute atomic E-state index is 0.0947. The zero-order chi connectivity index (χ0) is 19.3. The lowest BCUT2D eigenvalue weighted by Gasteiger charge is -2.26. The summed E-state index contributed by atoms with van der Waals surface area (Å²) in [6, 6.07) is 11.1. The predicted octanol–water partition coefficient (Wildman–Crippen LogP) is 3.77. The summed E-state index contributed by atoms with van der Waals surface area (Å²) in [7, 11) is 0. The molecule has 6 heteroatoms. The van der Waals surface area contributed by atoms with Gasteiger partial charge in [0, 0.05) is 11.1 Å². The van der Waals surface area contributed by atoms with Crippen LogP contribution in [0.4, 0.5) is 4.39 Å². The number of hydrogen-bond acceptors (Lipinski definition) is 5. The average molecular weight is 362 g/mol. The highest BCUT2D eigenvalue weighted by molar-refractivity contribution is 5.93. The van der Waals surface area contributed by atoms with E-state index in [9.17, 15) is 14.4 Å². The Hall–Kier alpha value is -3.59. The maximum Gasteiger partial charge on any atom is 0.205 e. The van der Waals surface area contributed by atoms with Crippen LogP contribution >= 0.6 is 0 Å². The molecule has 134 valence electrons. The number of nitrogens with zero attached hydrogens (tertiary/aromatic N) is 1. The molecule has 0 fully saturated rings. The van der Waals surface area contributed by atoms with Gasteiger partial charge in [-0.15, -0.1) is 0 Å². The molecule has 0 saturated heterocycles. The highest BCUT2D eigenvalue weighted by Crippen LogP contribution is 2.46. The van der Waals surface area contributed by atoms with E-state index in [4.69, 9.17) is 14.9 Å². The summed E-state index contributed by atoms with van der Waals surface area (Å²) in [6.07, 6.45) is 0. The van der Waals surface area contributed by atoms with E-state index in [0.717, 1.165) is 0 Å². The fourth-order valence-electron chi connectivity index (χ4n) is 3.67. The van der Waals surface area contributed by atoms with Gasteiger partial charge in [0.1, 0.15) is 34.7 Å². The van der Waals surface area contributed by atoms with E-state index in [2.05, 4.69) is 0 Å². The lowest BCUT2D eigenvalue weighted by molar-refractivity contribution is 0.396. The van der Waals surface area contributed by atoms with Gasteiger partial charge in [0.05, 0.1) is 16.7 Å². The van der Waals surface area contributed by atoms with Crippen LogP contribution in [0.5, 0.6) is 5.75 Å². The van der Waals surface area contributed by atoms with Gasteiger partial charge in [0.2, 0.25) is 5.88 Å². The number of rotatable bonds is 1. The molecule has 0 spiro atoms. The van der Waals surface area contributed by atoms with E-state index in [1.807, 2.05) is 6.07 Å². The summed E-state index contributed by atoms with van der Waals surface area (Å²) in [5.74, 6) is -0.105. The van der Waals surface area contributed by atoms with Crippen molar-refractivity contribution in [3.8, 4) is 11.8 Å². The minimum atomic E-state index is -0.787. The van der Waals surface area contributed by atoms with Crippen molar-refractivity contribution < 1.29 is 13.5 Å². The van der Waals surface area contributed by atoms with E-state index in [1.54, 1.807) is 38.1 Å². The molecule has 2 N–H and O–H groups in total. The number of nitrogens with two attached hydrogens (primary N) is 1. The van der Waals surface area contributed by atoms with Crippen molar-refractivity contribution in [2.24, 2.45) is 5.73 Å². The summed E-state index contributed by atoms with van der Waals surface area (Å²) < 4.78 is 26.0. The highest BCUT2D eigenvalue weighted by Gasteiger charge is 2.34. The van der Waals surface area contributed by atoms with Crippen LogP contribution in [0.25, 0.3) is 10.8 Å². The smallest absolute Gasteiger partial charge is 0.205 e. The van der Waals surface area contributed by atoms with Gasteiger partial charge in [0.25, 0.3) is 0 Å². The first-order valence-electron chi connectivity index (χ1n) is 8.33. The number of halogens is 1. The lowest BCUT2D eigenvalue weighted by Crippen LogP contribution is -2.21. The van der Waals surface area contributed by atoms with Crippen LogP contribution in [0.2, 0.25) is 0 Å². The third kappa shape index (κ3) is 2.40. The number of aryl methyl sites for hydroxylation is 2. The molecule has 1 aliphatic heterocycles. The minimum Gasteiger partial charge on any atom is -0.465 e. The van der Waals surface area contributed by atoms with Crippen LogP contribution in [-0.4, -0.2) is 0 Å². The molecule has 5 nitrogen and oxygen atoms in total. The molecule has 0 aliphatic carbocycles. The third-order valence-corrected chi connectivity index (χ3v) is 4.82. The Morgan fingerprint density at radius 1 is 1.07 bits per heavy atom. The van der Waals surface area contributed by atoms with E-state index < -0.39 is 11.7 Å². The van der Waals surface area contributed by atoms with Crippen LogP contribution in [0, 0.1) is 31.0 Å². The SMILES string of the molecule is Cc1oc(C)c2c(=O)ccc3c(c12)OC(N)=C(C#N)[C@H]3c1ccccc1F. The second-order valence-electron chi connectivity index (χ2n) is 6.39. The number of hydrogen-bond donors (Lipinski definition) is 1. The second kappa shape index (κ2) is 5.99. The normalized spacial score (nSPS) is 16.0. The van der Waals surface area contributed by atoms with Crippen LogP contribution in [0.3, 0.4) is 0 Å². The van der Waals surface area contributed by atoms with Gasteiger partial charge in [-0.25, -0.2) is 4.39 Å². The molecule has 0 radical (unpaired) electrons. The Morgan fingerprint density at radius 2 is 1.78 bits per heavy atom. The van der Waals surface area contributed by atoms with Crippen LogP contribution in [0.1, 0.15) is 28.6 Å². The summed E-state index contributed by atoms with van der Waals surface area (Å²) in [6.45, 7) is 3.41. The molecule has 1 aliphatic rings. The molecule has 0 unspecified atom stereocenters. The molecule has 0 bridgehead atoms. The van der Waals surface area contributed by atoms with Gasteiger partial charge < -0.3 is 14.9 Å². The molecule has 3 aromatic rings. The lowest BCUT2D eigenvalue weighted by atomic mass is 9.83. The van der Waals surface area contributed by atoms with Crippen molar-refractivity contribution in [1.29, 1.82) is 5.26 Å². The Labute approximate surface area is 154 Å². The van der Waals surface area contributed by atoms with E-state index in [1.165, 1.54) is 12.1 Å². The van der Waals surface area contributed by atoms with Crippen molar-refractivity contribution in [3.63, 3.8) is 0 Å². The third-order valence-electron chi connectivity index (χ3n) is 4.82. The van der Waals surface area contributed by atoms with Crippen LogP contribution < -0.4 is 15.9 Å². The van der Waals surface area contributed by atoms with Gasteiger partial charge in [-0.1, -0.05) is 24.3 Å². The Bertz CT molecular complexity index is 1230. The van der Waals surface area contributed by atoms with Crippen molar-refractivity contribution in [2.45, 2.75) is 19.8 Å². The Kier molecular flexibility index (Phi) is 3.74. The zero-order valence-corrected chi connectivity index (χ0v) is 14.7. The molecule has 1 atom stereocenters. The van der Waals surface area contributed by atoms with Crippen molar-refractivity contribution in [3.05, 3.63) is 86.5 Å². The molecule has 0 saturated carbocycles. The fraction of sp³-hybridized carbons (Fsp3) is 0.143. The van der Waals surface area contributed by atoms with Gasteiger partial charge in [-0.2, -0.15) is 5.26 Å². The zero-order valence-electron chi connectivity index (χ0n) is 14.7. The molecule has 2 heterocycles. The highest BCUT2D eigenvalue weighted by atomic mass is 19.1. The largest absolute Gasteiger partial charge is 0.465 e. The number of furan rings is 1. The van der Waals surface area contributed by atoms with Crippen molar-refractivity contribution in [1.82, 2.24) is 0 Å². The predicted molar refractivity (Wildman–Crippen MR) is 97.7 cm³/mol. The number of nitriles is 1. The summed E-state index contributed by atoms with van der Waals surface area (Å²) in [5.41, 5.74) is 6.63. The molecule has 1 aromatic heterocycles. The van der Waals surface area contributed by atoms with Crippen molar-refractivity contribution in [2.75, 3.05) is 0 Å². The second-order valence-corrected chi connectivity index (χ2v) is 6.39.